The predicted molar refractivity (Wildman–Crippen MR) is 170 cm³/mol. The third-order valence-electron chi connectivity index (χ3n) is 8.34. The average molecular weight is 718 g/mol. The number of nitrogens with one attached hydrogen (secondary N) is 1. The number of halogens is 4. The number of nitrogens with zero attached hydrogens (tertiary/aromatic N) is 8. The van der Waals surface area contributed by atoms with Crippen LogP contribution in [0.3, 0.4) is 0 Å². The minimum atomic E-state index is -4.82. The van der Waals surface area contributed by atoms with E-state index in [1.165, 1.54) is 36.8 Å². The van der Waals surface area contributed by atoms with E-state index in [1.807, 2.05) is 0 Å². The number of rotatable bonds is 10. The highest BCUT2D eigenvalue weighted by molar-refractivity contribution is 7.90. The summed E-state index contributed by atoms with van der Waals surface area (Å²) in [6.45, 7) is -0.385. The summed E-state index contributed by atoms with van der Waals surface area (Å²) < 4.78 is 90.5. The van der Waals surface area contributed by atoms with Crippen molar-refractivity contribution < 1.29 is 40.2 Å². The lowest BCUT2D eigenvalue weighted by Crippen LogP contribution is -2.45. The summed E-state index contributed by atoms with van der Waals surface area (Å²) in [4.78, 5) is 43.2. The van der Waals surface area contributed by atoms with Crippen LogP contribution in [0, 0.1) is 0 Å². The van der Waals surface area contributed by atoms with Gasteiger partial charge in [-0.15, -0.1) is 0 Å². The molecule has 6 rings (SSSR count). The zero-order chi connectivity index (χ0) is 35.7. The molecule has 0 unspecified atom stereocenters. The van der Waals surface area contributed by atoms with Crippen LogP contribution in [0.5, 0.6) is 6.01 Å². The van der Waals surface area contributed by atoms with Crippen LogP contribution in [-0.4, -0.2) is 87.1 Å². The molecule has 2 saturated carbocycles. The number of carbonyl (C=O) groups is 1. The number of aromatic nitrogens is 7. The molecule has 2 fully saturated rings. The summed E-state index contributed by atoms with van der Waals surface area (Å²) in [5.41, 5.74) is -2.35. The number of carbonyl (C=O) groups excluding carboxylic acids is 1. The quantitative estimate of drug-likeness (QED) is 0.215. The molecule has 0 aliphatic heterocycles. The summed E-state index contributed by atoms with van der Waals surface area (Å²) in [6.07, 6.45) is 6.32. The van der Waals surface area contributed by atoms with Crippen molar-refractivity contribution in [1.29, 1.82) is 0 Å². The third-order valence-corrected chi connectivity index (χ3v) is 9.42. The van der Waals surface area contributed by atoms with E-state index in [9.17, 15) is 30.8 Å². The van der Waals surface area contributed by atoms with Gasteiger partial charge in [-0.05, 0) is 44.6 Å². The Kier molecular flexibility index (Phi) is 9.52. The van der Waals surface area contributed by atoms with E-state index in [-0.39, 0.29) is 40.9 Å². The van der Waals surface area contributed by atoms with E-state index in [4.69, 9.17) is 9.47 Å². The molecule has 4 aromatic heterocycles. The molecule has 14 nitrogen and oxygen atoms in total. The number of hydrogen-bond acceptors (Lipinski definition) is 13. The lowest BCUT2D eigenvalue weighted by molar-refractivity contribution is -0.137. The van der Waals surface area contributed by atoms with Crippen molar-refractivity contribution in [2.45, 2.75) is 67.3 Å². The van der Waals surface area contributed by atoms with E-state index in [0.717, 1.165) is 24.7 Å². The summed E-state index contributed by atoms with van der Waals surface area (Å²) >= 11 is 0. The van der Waals surface area contributed by atoms with Crippen molar-refractivity contribution in [1.82, 2.24) is 34.9 Å². The van der Waals surface area contributed by atoms with Gasteiger partial charge in [0, 0.05) is 60.5 Å². The minimum Gasteiger partial charge on any atom is -0.467 e. The van der Waals surface area contributed by atoms with Crippen LogP contribution in [0.1, 0.15) is 44.1 Å². The molecule has 0 spiro atoms. The summed E-state index contributed by atoms with van der Waals surface area (Å²) in [6, 6.07) is 0.545. The fraction of sp³-hybridized carbons (Fsp3) is 0.419. The Morgan fingerprint density at radius 2 is 1.68 bits per heavy atom. The van der Waals surface area contributed by atoms with Crippen LogP contribution < -0.4 is 15.0 Å². The van der Waals surface area contributed by atoms with E-state index in [2.05, 4.69) is 40.2 Å². The monoisotopic (exact) mass is 717 g/mol. The van der Waals surface area contributed by atoms with Gasteiger partial charge in [0.15, 0.2) is 15.7 Å². The van der Waals surface area contributed by atoms with Gasteiger partial charge in [0.2, 0.25) is 5.95 Å². The number of methoxy groups -OCH3 is 1. The first-order valence-corrected chi connectivity index (χ1v) is 17.3. The highest BCUT2D eigenvalue weighted by Gasteiger charge is 2.45. The lowest BCUT2D eigenvalue weighted by Gasteiger charge is -2.35. The Morgan fingerprint density at radius 1 is 0.960 bits per heavy atom. The average Bonchev–Trinajstić information content (AvgIpc) is 3.84. The van der Waals surface area contributed by atoms with Crippen LogP contribution in [0.15, 0.2) is 54.3 Å². The summed E-state index contributed by atoms with van der Waals surface area (Å²) in [7, 11) is -2.31. The molecular formula is C31H31F4N9O5S. The Bertz CT molecular complexity index is 1960. The molecule has 264 valence electrons. The first-order chi connectivity index (χ1) is 23.7. The first kappa shape index (κ1) is 34.8. The van der Waals surface area contributed by atoms with Gasteiger partial charge in [-0.25, -0.2) is 42.5 Å². The largest absolute Gasteiger partial charge is 0.467 e. The molecule has 2 aliphatic rings. The van der Waals surface area contributed by atoms with E-state index < -0.39 is 45.1 Å². The molecule has 4 heterocycles. The number of anilines is 2. The highest BCUT2D eigenvalue weighted by atomic mass is 32.2. The fourth-order valence-electron chi connectivity index (χ4n) is 5.41. The molecule has 50 heavy (non-hydrogen) atoms. The van der Waals surface area contributed by atoms with Crippen molar-refractivity contribution >= 4 is 27.7 Å². The first-order valence-electron chi connectivity index (χ1n) is 15.4. The van der Waals surface area contributed by atoms with E-state index >= 15 is 0 Å². The molecule has 0 radical (unpaired) electrons. The van der Waals surface area contributed by atoms with Gasteiger partial charge in [0.05, 0.1) is 35.8 Å². The Morgan fingerprint density at radius 3 is 2.28 bits per heavy atom. The van der Waals surface area contributed by atoms with Gasteiger partial charge in [0.1, 0.15) is 17.8 Å². The predicted octanol–water partition coefficient (Wildman–Crippen LogP) is 5.08. The van der Waals surface area contributed by atoms with Crippen molar-refractivity contribution in [3.8, 4) is 28.5 Å². The molecule has 4 aromatic rings. The molecule has 0 aromatic carbocycles. The number of alkyl halides is 4. The molecule has 19 heteroatoms. The van der Waals surface area contributed by atoms with E-state index in [1.54, 1.807) is 0 Å². The van der Waals surface area contributed by atoms with Crippen LogP contribution in [0.2, 0.25) is 0 Å². The van der Waals surface area contributed by atoms with Gasteiger partial charge < -0.3 is 14.8 Å². The molecular weight excluding hydrogens is 686 g/mol. The number of sulfone groups is 1. The van der Waals surface area contributed by atoms with E-state index in [0.29, 0.717) is 56.0 Å². The zero-order valence-electron chi connectivity index (χ0n) is 26.8. The molecule has 0 atom stereocenters. The standard InChI is InChI=1S/C31H31F4N9O5S/c1-48-28-40-11-19(12-41-28)24-15-38-25(16-37-24)44(29(45)49-17-30(32)7-8-30)21-5-3-20(4-6-21)42-27-39-14-23(31(33,34)35)26(43-27)18-9-22(13-36-10-18)50(2,46)47/h9-16,20-21H,3-8,17H2,1-2H3,(H,39,42,43). The smallest absolute Gasteiger partial charge is 0.419 e. The van der Waals surface area contributed by atoms with Gasteiger partial charge in [-0.1, -0.05) is 0 Å². The molecule has 2 aliphatic carbocycles. The number of amides is 1. The van der Waals surface area contributed by atoms with Crippen LogP contribution >= 0.6 is 0 Å². The zero-order valence-corrected chi connectivity index (χ0v) is 27.6. The van der Waals surface area contributed by atoms with Crippen molar-refractivity contribution in [3.05, 3.63) is 55.0 Å². The van der Waals surface area contributed by atoms with Crippen molar-refractivity contribution in [3.63, 3.8) is 0 Å². The Balaban J connectivity index is 1.19. The molecule has 1 N–H and O–H groups in total. The maximum absolute atomic E-state index is 14.4. The second-order valence-corrected chi connectivity index (χ2v) is 14.1. The second-order valence-electron chi connectivity index (χ2n) is 12.1. The second kappa shape index (κ2) is 13.7. The molecule has 0 bridgehead atoms. The summed E-state index contributed by atoms with van der Waals surface area (Å²) in [5.74, 6) is 0.0908. The minimum absolute atomic E-state index is 0.0980. The van der Waals surface area contributed by atoms with Gasteiger partial charge in [-0.3, -0.25) is 14.9 Å². The van der Waals surface area contributed by atoms with Crippen molar-refractivity contribution in [2.75, 3.05) is 30.2 Å². The molecule has 0 saturated heterocycles. The van der Waals surface area contributed by atoms with Crippen LogP contribution in [0.4, 0.5) is 34.1 Å². The highest BCUT2D eigenvalue weighted by Crippen LogP contribution is 2.40. The summed E-state index contributed by atoms with van der Waals surface area (Å²) in [5, 5.41) is 3.07. The maximum Gasteiger partial charge on any atom is 0.419 e. The third kappa shape index (κ3) is 8.03. The number of hydrogen-bond donors (Lipinski definition) is 1. The number of ether oxygens (including phenoxy) is 2. The van der Waals surface area contributed by atoms with Crippen molar-refractivity contribution in [2.24, 2.45) is 0 Å². The van der Waals surface area contributed by atoms with Crippen LogP contribution in [0.25, 0.3) is 22.5 Å². The molecule has 1 amide bonds. The lowest BCUT2D eigenvalue weighted by atomic mass is 9.90. The Labute approximate surface area is 283 Å². The Hall–Kier alpha value is -5.07. The maximum atomic E-state index is 14.4. The SMILES string of the molecule is COc1ncc(-c2cnc(N(C(=O)OCC3(F)CC3)C3CCC(Nc4ncc(C(F)(F)F)c(-c5cncc(S(C)(=O)=O)c5)n4)CC3)cn2)cn1. The van der Waals surface area contributed by atoms with Gasteiger partial charge in [0.25, 0.3) is 0 Å². The van der Waals surface area contributed by atoms with Crippen LogP contribution in [-0.2, 0) is 20.8 Å². The topological polar surface area (TPSA) is 175 Å². The normalized spacial score (nSPS) is 18.6. The fourth-order valence-corrected chi connectivity index (χ4v) is 6.00. The number of pyridine rings is 1. The van der Waals surface area contributed by atoms with Gasteiger partial charge >= 0.3 is 18.3 Å². The van der Waals surface area contributed by atoms with Gasteiger partial charge in [-0.2, -0.15) is 13.2 Å².